The molecule has 0 aromatic heterocycles. The summed E-state index contributed by atoms with van der Waals surface area (Å²) < 4.78 is 1.24. The van der Waals surface area contributed by atoms with Gasteiger partial charge in [0, 0.05) is 35.7 Å². The molecule has 1 aliphatic heterocycles. The Morgan fingerprint density at radius 3 is 2.75 bits per heavy atom. The van der Waals surface area contributed by atoms with Crippen molar-refractivity contribution in [2.45, 2.75) is 51.2 Å². The Labute approximate surface area is 131 Å². The van der Waals surface area contributed by atoms with Crippen LogP contribution in [0, 0.1) is 5.92 Å². The lowest BCUT2D eigenvalue weighted by Crippen LogP contribution is -2.63. The minimum atomic E-state index is 0.326. The third kappa shape index (κ3) is 2.95. The molecule has 1 saturated carbocycles. The van der Waals surface area contributed by atoms with Gasteiger partial charge in [0.05, 0.1) is 0 Å². The molecule has 0 spiro atoms. The van der Waals surface area contributed by atoms with Crippen LogP contribution in [-0.2, 0) is 6.54 Å². The zero-order valence-electron chi connectivity index (χ0n) is 12.5. The molecule has 2 atom stereocenters. The Balaban J connectivity index is 1.75. The normalized spacial score (nSPS) is 31.4. The summed E-state index contributed by atoms with van der Waals surface area (Å²) in [5.41, 5.74) is 1.73. The molecule has 3 heteroatoms. The fourth-order valence-electron chi connectivity index (χ4n) is 3.51. The van der Waals surface area contributed by atoms with Crippen molar-refractivity contribution < 1.29 is 0 Å². The van der Waals surface area contributed by atoms with Crippen molar-refractivity contribution in [3.63, 3.8) is 0 Å². The lowest BCUT2D eigenvalue weighted by molar-refractivity contribution is 0.0664. The molecule has 1 N–H and O–H groups in total. The molecule has 0 amide bonds. The standard InChI is InChI=1S/C17H25BrN2/c1-3-15-10-19-17(2,14-8-9-14)12-20(15)11-13-6-4-5-7-16(13)18/h4-7,14-15,19H,3,8-12H2,1-2H3. The number of hydrogen-bond acceptors (Lipinski definition) is 2. The van der Waals surface area contributed by atoms with Crippen LogP contribution in [0.4, 0.5) is 0 Å². The van der Waals surface area contributed by atoms with Crippen molar-refractivity contribution in [3.05, 3.63) is 34.3 Å². The second kappa shape index (κ2) is 5.78. The highest BCUT2D eigenvalue weighted by Gasteiger charge is 2.45. The fourth-order valence-corrected chi connectivity index (χ4v) is 3.92. The van der Waals surface area contributed by atoms with E-state index in [1.54, 1.807) is 0 Å². The molecule has 0 bridgehead atoms. The zero-order valence-corrected chi connectivity index (χ0v) is 14.1. The molecule has 1 aromatic rings. The van der Waals surface area contributed by atoms with Crippen LogP contribution < -0.4 is 5.32 Å². The molecule has 2 aliphatic rings. The third-order valence-electron chi connectivity index (χ3n) is 5.07. The number of benzene rings is 1. The minimum Gasteiger partial charge on any atom is -0.308 e. The smallest absolute Gasteiger partial charge is 0.0309 e. The van der Waals surface area contributed by atoms with Crippen molar-refractivity contribution >= 4 is 15.9 Å². The largest absolute Gasteiger partial charge is 0.308 e. The molecule has 20 heavy (non-hydrogen) atoms. The van der Waals surface area contributed by atoms with Crippen LogP contribution in [0.2, 0.25) is 0 Å². The van der Waals surface area contributed by atoms with Crippen molar-refractivity contribution in [1.29, 1.82) is 0 Å². The van der Waals surface area contributed by atoms with Crippen molar-refractivity contribution in [2.75, 3.05) is 13.1 Å². The van der Waals surface area contributed by atoms with Crippen LogP contribution in [0.5, 0.6) is 0 Å². The summed E-state index contributed by atoms with van der Waals surface area (Å²) in [4.78, 5) is 2.69. The SMILES string of the molecule is CCC1CNC(C)(C2CC2)CN1Cc1ccccc1Br. The van der Waals surface area contributed by atoms with E-state index in [0.29, 0.717) is 11.6 Å². The number of halogens is 1. The quantitative estimate of drug-likeness (QED) is 0.899. The predicted octanol–water partition coefficient (Wildman–Crippen LogP) is 3.80. The molecule has 3 rings (SSSR count). The van der Waals surface area contributed by atoms with E-state index >= 15 is 0 Å². The van der Waals surface area contributed by atoms with Crippen molar-refractivity contribution in [2.24, 2.45) is 5.92 Å². The maximum absolute atomic E-state index is 3.84. The first-order valence-corrected chi connectivity index (χ1v) is 8.64. The molecule has 2 unspecified atom stereocenters. The molecule has 0 radical (unpaired) electrons. The predicted molar refractivity (Wildman–Crippen MR) is 87.8 cm³/mol. The molecule has 1 aliphatic carbocycles. The Kier molecular flexibility index (Phi) is 4.21. The van der Waals surface area contributed by atoms with Gasteiger partial charge in [-0.2, -0.15) is 0 Å². The van der Waals surface area contributed by atoms with E-state index in [0.717, 1.165) is 19.0 Å². The third-order valence-corrected chi connectivity index (χ3v) is 5.84. The second-order valence-electron chi connectivity index (χ2n) is 6.63. The molecule has 2 nitrogen and oxygen atoms in total. The number of piperazine rings is 1. The van der Waals surface area contributed by atoms with Gasteiger partial charge in [-0.3, -0.25) is 4.90 Å². The van der Waals surface area contributed by atoms with Crippen LogP contribution >= 0.6 is 15.9 Å². The van der Waals surface area contributed by atoms with E-state index in [9.17, 15) is 0 Å². The summed E-state index contributed by atoms with van der Waals surface area (Å²) in [6.45, 7) is 8.10. The molecule has 1 heterocycles. The molecular formula is C17H25BrN2. The van der Waals surface area contributed by atoms with E-state index in [1.807, 2.05) is 0 Å². The van der Waals surface area contributed by atoms with Gasteiger partial charge in [0.2, 0.25) is 0 Å². The molecule has 110 valence electrons. The number of rotatable bonds is 4. The average Bonchev–Trinajstić information content (AvgIpc) is 3.27. The zero-order chi connectivity index (χ0) is 14.2. The van der Waals surface area contributed by atoms with Gasteiger partial charge in [-0.15, -0.1) is 0 Å². The molecular weight excluding hydrogens is 312 g/mol. The van der Waals surface area contributed by atoms with Gasteiger partial charge in [-0.05, 0) is 43.7 Å². The summed E-state index contributed by atoms with van der Waals surface area (Å²) in [5, 5.41) is 3.84. The lowest BCUT2D eigenvalue weighted by Gasteiger charge is -2.46. The first-order valence-electron chi connectivity index (χ1n) is 7.85. The van der Waals surface area contributed by atoms with Gasteiger partial charge < -0.3 is 5.32 Å². The van der Waals surface area contributed by atoms with E-state index in [-0.39, 0.29) is 0 Å². The van der Waals surface area contributed by atoms with Crippen molar-refractivity contribution in [1.82, 2.24) is 10.2 Å². The topological polar surface area (TPSA) is 15.3 Å². The average molecular weight is 337 g/mol. The van der Waals surface area contributed by atoms with Crippen LogP contribution in [-0.4, -0.2) is 29.6 Å². The highest BCUT2D eigenvalue weighted by atomic mass is 79.9. The summed E-state index contributed by atoms with van der Waals surface area (Å²) in [7, 11) is 0. The van der Waals surface area contributed by atoms with Gasteiger partial charge in [0.1, 0.15) is 0 Å². The van der Waals surface area contributed by atoms with E-state index in [4.69, 9.17) is 0 Å². The van der Waals surface area contributed by atoms with Crippen molar-refractivity contribution in [3.8, 4) is 0 Å². The van der Waals surface area contributed by atoms with E-state index in [1.165, 1.54) is 35.8 Å². The summed E-state index contributed by atoms with van der Waals surface area (Å²) in [6, 6.07) is 9.29. The summed E-state index contributed by atoms with van der Waals surface area (Å²) in [6.07, 6.45) is 4.03. The first-order chi connectivity index (χ1) is 9.62. The lowest BCUT2D eigenvalue weighted by atomic mass is 9.90. The molecule has 1 aromatic carbocycles. The van der Waals surface area contributed by atoms with Gasteiger partial charge in [-0.25, -0.2) is 0 Å². The van der Waals surface area contributed by atoms with Gasteiger partial charge >= 0.3 is 0 Å². The number of nitrogens with zero attached hydrogens (tertiary/aromatic N) is 1. The maximum atomic E-state index is 3.84. The highest BCUT2D eigenvalue weighted by molar-refractivity contribution is 9.10. The molecule has 2 fully saturated rings. The Morgan fingerprint density at radius 1 is 1.35 bits per heavy atom. The van der Waals surface area contributed by atoms with Gasteiger partial charge in [0.15, 0.2) is 0 Å². The molecule has 1 saturated heterocycles. The monoisotopic (exact) mass is 336 g/mol. The van der Waals surface area contributed by atoms with Crippen LogP contribution in [0.15, 0.2) is 28.7 Å². The second-order valence-corrected chi connectivity index (χ2v) is 7.49. The number of hydrogen-bond donors (Lipinski definition) is 1. The highest BCUT2D eigenvalue weighted by Crippen LogP contribution is 2.41. The minimum absolute atomic E-state index is 0.326. The number of nitrogens with one attached hydrogen (secondary N) is 1. The maximum Gasteiger partial charge on any atom is 0.0309 e. The first kappa shape index (κ1) is 14.6. The summed E-state index contributed by atoms with van der Waals surface area (Å²) in [5.74, 6) is 0.891. The summed E-state index contributed by atoms with van der Waals surface area (Å²) >= 11 is 3.69. The van der Waals surface area contributed by atoms with Crippen LogP contribution in [0.1, 0.15) is 38.7 Å². The van der Waals surface area contributed by atoms with E-state index in [2.05, 4.69) is 64.3 Å². The fraction of sp³-hybridized carbons (Fsp3) is 0.647. The Bertz CT molecular complexity index is 472. The van der Waals surface area contributed by atoms with Crippen LogP contribution in [0.3, 0.4) is 0 Å². The van der Waals surface area contributed by atoms with Gasteiger partial charge in [0.25, 0.3) is 0 Å². The Hall–Kier alpha value is -0.380. The van der Waals surface area contributed by atoms with Gasteiger partial charge in [-0.1, -0.05) is 41.1 Å². The van der Waals surface area contributed by atoms with Crippen LogP contribution in [0.25, 0.3) is 0 Å². The van der Waals surface area contributed by atoms with E-state index < -0.39 is 0 Å². The Morgan fingerprint density at radius 2 is 2.10 bits per heavy atom.